The largest absolute Gasteiger partial charge is 0.479 e. The lowest BCUT2D eigenvalue weighted by Gasteiger charge is -2.37. The van der Waals surface area contributed by atoms with E-state index in [1.807, 2.05) is 6.92 Å². The van der Waals surface area contributed by atoms with Crippen LogP contribution in [-0.2, 0) is 14.3 Å². The van der Waals surface area contributed by atoms with E-state index in [1.165, 1.54) is 11.1 Å². The third-order valence-electron chi connectivity index (χ3n) is 2.79. The van der Waals surface area contributed by atoms with Crippen LogP contribution in [0.4, 0.5) is 0 Å². The Morgan fingerprint density at radius 1 is 1.74 bits per heavy atom. The van der Waals surface area contributed by atoms with E-state index >= 15 is 0 Å². The standard InChI is InChI=1S/C11H13ClN2O4S/c1-2-3-14-7(15)5-18-9(11(16)17)8(14)10-13-4-6(12)19-10/h4,8-9H,2-3,5H2,1H3,(H,16,17). The number of nitrogens with zero attached hydrogens (tertiary/aromatic N) is 2. The number of halogens is 1. The molecule has 0 saturated carbocycles. The van der Waals surface area contributed by atoms with E-state index < -0.39 is 18.1 Å². The van der Waals surface area contributed by atoms with E-state index in [9.17, 15) is 14.7 Å². The van der Waals surface area contributed by atoms with Crippen LogP contribution in [0, 0.1) is 0 Å². The zero-order valence-electron chi connectivity index (χ0n) is 10.2. The molecule has 6 nitrogen and oxygen atoms in total. The first kappa shape index (κ1) is 14.2. The summed E-state index contributed by atoms with van der Waals surface area (Å²) < 4.78 is 5.59. The van der Waals surface area contributed by atoms with Crippen molar-refractivity contribution in [1.82, 2.24) is 9.88 Å². The second-order valence-corrected chi connectivity index (χ2v) is 5.80. The minimum Gasteiger partial charge on any atom is -0.479 e. The van der Waals surface area contributed by atoms with Crippen LogP contribution in [0.25, 0.3) is 0 Å². The molecule has 0 aromatic carbocycles. The van der Waals surface area contributed by atoms with Gasteiger partial charge >= 0.3 is 5.97 Å². The molecule has 8 heteroatoms. The molecular formula is C11H13ClN2O4S. The van der Waals surface area contributed by atoms with Crippen molar-refractivity contribution in [3.8, 4) is 0 Å². The minimum atomic E-state index is -1.11. The van der Waals surface area contributed by atoms with Crippen LogP contribution in [0.2, 0.25) is 4.34 Å². The van der Waals surface area contributed by atoms with Crippen LogP contribution in [0.5, 0.6) is 0 Å². The number of aromatic nitrogens is 1. The zero-order valence-corrected chi connectivity index (χ0v) is 11.8. The normalized spacial score (nSPS) is 23.7. The van der Waals surface area contributed by atoms with E-state index in [0.29, 0.717) is 15.9 Å². The quantitative estimate of drug-likeness (QED) is 0.913. The van der Waals surface area contributed by atoms with Gasteiger partial charge in [0.1, 0.15) is 22.0 Å². The van der Waals surface area contributed by atoms with Crippen molar-refractivity contribution in [2.45, 2.75) is 25.5 Å². The third kappa shape index (κ3) is 2.88. The van der Waals surface area contributed by atoms with Crippen molar-refractivity contribution in [3.63, 3.8) is 0 Å². The van der Waals surface area contributed by atoms with Crippen LogP contribution in [0.1, 0.15) is 24.4 Å². The van der Waals surface area contributed by atoms with Crippen molar-refractivity contribution in [2.24, 2.45) is 0 Å². The predicted octanol–water partition coefficient (Wildman–Crippen LogP) is 1.56. The van der Waals surface area contributed by atoms with Crippen LogP contribution in [0.15, 0.2) is 6.20 Å². The summed E-state index contributed by atoms with van der Waals surface area (Å²) >= 11 is 7.00. The van der Waals surface area contributed by atoms with Gasteiger partial charge in [-0.25, -0.2) is 9.78 Å². The average molecular weight is 305 g/mol. The molecule has 0 spiro atoms. The first-order valence-electron chi connectivity index (χ1n) is 5.79. The molecule has 1 N–H and O–H groups in total. The molecule has 0 radical (unpaired) electrons. The van der Waals surface area contributed by atoms with Gasteiger partial charge in [-0.2, -0.15) is 0 Å². The molecule has 2 unspecified atom stereocenters. The Kier molecular flexibility index (Phi) is 4.38. The van der Waals surface area contributed by atoms with Gasteiger partial charge < -0.3 is 14.7 Å². The Hall–Kier alpha value is -1.18. The highest BCUT2D eigenvalue weighted by atomic mass is 35.5. The van der Waals surface area contributed by atoms with E-state index in [-0.39, 0.29) is 12.5 Å². The summed E-state index contributed by atoms with van der Waals surface area (Å²) in [6, 6.07) is -0.712. The Labute approximate surface area is 118 Å². The van der Waals surface area contributed by atoms with Crippen molar-refractivity contribution < 1.29 is 19.4 Å². The molecule has 1 aromatic rings. The van der Waals surface area contributed by atoms with Crippen LogP contribution < -0.4 is 0 Å². The number of carboxylic acid groups (broad SMARTS) is 1. The van der Waals surface area contributed by atoms with Gasteiger partial charge in [-0.15, -0.1) is 11.3 Å². The molecule has 1 fully saturated rings. The molecule has 104 valence electrons. The van der Waals surface area contributed by atoms with Gasteiger partial charge in [0.2, 0.25) is 5.91 Å². The molecule has 1 amide bonds. The number of hydrogen-bond donors (Lipinski definition) is 1. The van der Waals surface area contributed by atoms with E-state index in [1.54, 1.807) is 0 Å². The topological polar surface area (TPSA) is 79.7 Å². The molecule has 2 rings (SSSR count). The van der Waals surface area contributed by atoms with Gasteiger partial charge in [0.05, 0.1) is 6.20 Å². The highest BCUT2D eigenvalue weighted by Crippen LogP contribution is 2.34. The number of carbonyl (C=O) groups is 2. The van der Waals surface area contributed by atoms with Crippen LogP contribution in [0.3, 0.4) is 0 Å². The number of thiazole rings is 1. The number of carbonyl (C=O) groups excluding carboxylic acids is 1. The summed E-state index contributed by atoms with van der Waals surface area (Å²) in [4.78, 5) is 28.8. The lowest BCUT2D eigenvalue weighted by Crippen LogP contribution is -2.52. The predicted molar refractivity (Wildman–Crippen MR) is 69.2 cm³/mol. The summed E-state index contributed by atoms with van der Waals surface area (Å²) in [5, 5.41) is 9.72. The number of morpholine rings is 1. The minimum absolute atomic E-state index is 0.216. The monoisotopic (exact) mass is 304 g/mol. The Morgan fingerprint density at radius 2 is 2.47 bits per heavy atom. The maximum Gasteiger partial charge on any atom is 0.335 e. The first-order valence-corrected chi connectivity index (χ1v) is 6.99. The third-order valence-corrected chi connectivity index (χ3v) is 3.97. The highest BCUT2D eigenvalue weighted by Gasteiger charge is 2.43. The average Bonchev–Trinajstić information content (AvgIpc) is 2.78. The van der Waals surface area contributed by atoms with E-state index in [0.717, 1.165) is 17.8 Å². The highest BCUT2D eigenvalue weighted by molar-refractivity contribution is 7.15. The van der Waals surface area contributed by atoms with Gasteiger partial charge in [0.25, 0.3) is 0 Å². The molecular weight excluding hydrogens is 292 g/mol. The molecule has 2 heterocycles. The summed E-state index contributed by atoms with van der Waals surface area (Å²) in [6.45, 7) is 2.17. The summed E-state index contributed by atoms with van der Waals surface area (Å²) in [5.74, 6) is -1.33. The van der Waals surface area contributed by atoms with Crippen molar-refractivity contribution in [3.05, 3.63) is 15.5 Å². The van der Waals surface area contributed by atoms with Gasteiger partial charge in [0.15, 0.2) is 6.10 Å². The maximum atomic E-state index is 11.9. The Bertz CT molecular complexity index is 493. The van der Waals surface area contributed by atoms with Crippen molar-refractivity contribution >= 4 is 34.8 Å². The van der Waals surface area contributed by atoms with Gasteiger partial charge in [-0.1, -0.05) is 18.5 Å². The number of carboxylic acids is 1. The van der Waals surface area contributed by atoms with E-state index in [4.69, 9.17) is 16.3 Å². The molecule has 1 aliphatic rings. The second-order valence-electron chi connectivity index (χ2n) is 4.10. The van der Waals surface area contributed by atoms with Gasteiger partial charge in [-0.05, 0) is 6.42 Å². The number of rotatable bonds is 4. The fraction of sp³-hybridized carbons (Fsp3) is 0.545. The SMILES string of the molecule is CCCN1C(=O)COC(C(=O)O)C1c1ncc(Cl)s1. The van der Waals surface area contributed by atoms with Gasteiger partial charge in [-0.3, -0.25) is 4.79 Å². The summed E-state index contributed by atoms with van der Waals surface area (Å²) in [5.41, 5.74) is 0. The lowest BCUT2D eigenvalue weighted by atomic mass is 10.1. The lowest BCUT2D eigenvalue weighted by molar-refractivity contribution is -0.173. The molecule has 1 aromatic heterocycles. The molecule has 1 saturated heterocycles. The smallest absolute Gasteiger partial charge is 0.335 e. The number of ether oxygens (including phenoxy) is 1. The fourth-order valence-corrected chi connectivity index (χ4v) is 3.10. The fourth-order valence-electron chi connectivity index (χ4n) is 2.03. The van der Waals surface area contributed by atoms with Crippen molar-refractivity contribution in [2.75, 3.05) is 13.2 Å². The summed E-state index contributed by atoms with van der Waals surface area (Å²) in [7, 11) is 0. The van der Waals surface area contributed by atoms with Crippen molar-refractivity contribution in [1.29, 1.82) is 0 Å². The number of aliphatic carboxylic acids is 1. The van der Waals surface area contributed by atoms with Crippen LogP contribution >= 0.6 is 22.9 Å². The van der Waals surface area contributed by atoms with Gasteiger partial charge in [0, 0.05) is 6.54 Å². The molecule has 0 bridgehead atoms. The van der Waals surface area contributed by atoms with Crippen LogP contribution in [-0.4, -0.2) is 46.1 Å². The zero-order chi connectivity index (χ0) is 14.0. The molecule has 19 heavy (non-hydrogen) atoms. The summed E-state index contributed by atoms with van der Waals surface area (Å²) in [6.07, 6.45) is 1.07. The Balaban J connectivity index is 2.37. The molecule has 0 aliphatic carbocycles. The first-order chi connectivity index (χ1) is 9.04. The number of amides is 1. The number of hydrogen-bond acceptors (Lipinski definition) is 5. The Morgan fingerprint density at radius 3 is 3.00 bits per heavy atom. The molecule has 1 aliphatic heterocycles. The second kappa shape index (κ2) is 5.85. The maximum absolute atomic E-state index is 11.9. The van der Waals surface area contributed by atoms with E-state index in [2.05, 4.69) is 4.98 Å². The molecule has 2 atom stereocenters.